The van der Waals surface area contributed by atoms with Gasteiger partial charge in [0.1, 0.15) is 29.0 Å². The van der Waals surface area contributed by atoms with Gasteiger partial charge in [0.15, 0.2) is 28.8 Å². The molecule has 0 saturated heterocycles. The molecule has 0 aliphatic rings. The van der Waals surface area contributed by atoms with Crippen LogP contribution in [-0.4, -0.2) is 72.5 Å². The number of aliphatic hydroxyl groups is 1. The van der Waals surface area contributed by atoms with Crippen molar-refractivity contribution in [2.24, 2.45) is 0 Å². The van der Waals surface area contributed by atoms with Crippen LogP contribution in [0.5, 0.6) is 23.0 Å². The van der Waals surface area contributed by atoms with E-state index >= 15 is 0 Å². The summed E-state index contributed by atoms with van der Waals surface area (Å²) in [6.45, 7) is 13.1. The largest absolute Gasteiger partial charge is 0.508 e. The van der Waals surface area contributed by atoms with E-state index in [1.54, 1.807) is 59.7 Å². The summed E-state index contributed by atoms with van der Waals surface area (Å²) in [5.74, 6) is -1.75. The molecule has 0 unspecified atom stereocenters. The molecule has 3 N–H and O–H groups in total. The summed E-state index contributed by atoms with van der Waals surface area (Å²) < 4.78 is 31.7. The zero-order chi connectivity index (χ0) is 38.5. The number of methoxy groups -OCH3 is 2. The molecule has 0 aliphatic heterocycles. The first-order chi connectivity index (χ1) is 23.7. The SMILES string of the molecule is COc1cc(/C=C/C(=O)C=C(O)/C=C/c2ccc(OC(=O)[C@H](C)NC(=O)OC(C)(C)C)c(OC)c2)ccc1OC(=O)[C@H](C)NC(=O)OC(C)(C)C. The van der Waals surface area contributed by atoms with Crippen LogP contribution in [-0.2, 0) is 23.9 Å². The van der Waals surface area contributed by atoms with Gasteiger partial charge in [0, 0.05) is 6.08 Å². The lowest BCUT2D eigenvalue weighted by Crippen LogP contribution is -2.43. The smallest absolute Gasteiger partial charge is 0.408 e. The second kappa shape index (κ2) is 18.3. The average Bonchev–Trinajstić information content (AvgIpc) is 3.01. The highest BCUT2D eigenvalue weighted by Crippen LogP contribution is 2.30. The second-order valence-corrected chi connectivity index (χ2v) is 13.0. The van der Waals surface area contributed by atoms with Crippen molar-refractivity contribution in [2.75, 3.05) is 14.2 Å². The molecule has 14 nitrogen and oxygen atoms in total. The van der Waals surface area contributed by atoms with Crippen LogP contribution >= 0.6 is 0 Å². The first-order valence-electron chi connectivity index (χ1n) is 15.8. The topological polar surface area (TPSA) is 185 Å². The van der Waals surface area contributed by atoms with Crippen LogP contribution < -0.4 is 29.6 Å². The molecule has 0 saturated carbocycles. The number of hydrogen-bond acceptors (Lipinski definition) is 12. The number of alkyl carbamates (subject to hydrolysis) is 2. The lowest BCUT2D eigenvalue weighted by Gasteiger charge is -2.21. The van der Waals surface area contributed by atoms with Crippen LogP contribution in [0.3, 0.4) is 0 Å². The van der Waals surface area contributed by atoms with Crippen molar-refractivity contribution in [3.63, 3.8) is 0 Å². The van der Waals surface area contributed by atoms with Crippen LogP contribution in [0, 0.1) is 0 Å². The Morgan fingerprint density at radius 2 is 1.04 bits per heavy atom. The Morgan fingerprint density at radius 3 is 1.41 bits per heavy atom. The zero-order valence-corrected chi connectivity index (χ0v) is 30.4. The fraction of sp³-hybridized carbons (Fsp3) is 0.378. The number of aliphatic hydroxyl groups excluding tert-OH is 1. The van der Waals surface area contributed by atoms with Crippen LogP contribution in [0.15, 0.2) is 60.4 Å². The Labute approximate surface area is 297 Å². The number of nitrogens with one attached hydrogen (secondary N) is 2. The van der Waals surface area contributed by atoms with Gasteiger partial charge in [-0.15, -0.1) is 0 Å². The predicted molar refractivity (Wildman–Crippen MR) is 189 cm³/mol. The molecule has 276 valence electrons. The van der Waals surface area contributed by atoms with Crippen molar-refractivity contribution < 1.29 is 57.5 Å². The summed E-state index contributed by atoms with van der Waals surface area (Å²) in [4.78, 5) is 61.5. The van der Waals surface area contributed by atoms with Gasteiger partial charge in [-0.1, -0.05) is 24.3 Å². The maximum atomic E-state index is 12.5. The van der Waals surface area contributed by atoms with Crippen LogP contribution in [0.4, 0.5) is 9.59 Å². The van der Waals surface area contributed by atoms with Gasteiger partial charge in [-0.2, -0.15) is 0 Å². The van der Waals surface area contributed by atoms with E-state index in [4.69, 9.17) is 28.4 Å². The lowest BCUT2D eigenvalue weighted by atomic mass is 10.1. The molecular formula is C37H46N2O12. The van der Waals surface area contributed by atoms with Gasteiger partial charge in [0.25, 0.3) is 0 Å². The quantitative estimate of drug-likeness (QED) is 0.0717. The number of carbonyl (C=O) groups excluding carboxylic acids is 5. The third-order valence-corrected chi connectivity index (χ3v) is 6.15. The highest BCUT2D eigenvalue weighted by molar-refractivity contribution is 6.02. The molecule has 0 fully saturated rings. The minimum Gasteiger partial charge on any atom is -0.508 e. The van der Waals surface area contributed by atoms with Crippen LogP contribution in [0.2, 0.25) is 0 Å². The molecule has 51 heavy (non-hydrogen) atoms. The van der Waals surface area contributed by atoms with Crippen molar-refractivity contribution in [2.45, 2.75) is 78.7 Å². The Kier molecular flexibility index (Phi) is 14.8. The third kappa shape index (κ3) is 15.1. The molecule has 14 heteroatoms. The van der Waals surface area contributed by atoms with E-state index in [0.29, 0.717) is 11.1 Å². The highest BCUT2D eigenvalue weighted by Gasteiger charge is 2.24. The summed E-state index contributed by atoms with van der Waals surface area (Å²) in [6.07, 6.45) is 4.98. The highest BCUT2D eigenvalue weighted by atomic mass is 16.6. The number of carbonyl (C=O) groups is 5. The number of amides is 2. The summed E-state index contributed by atoms with van der Waals surface area (Å²) >= 11 is 0. The van der Waals surface area contributed by atoms with Crippen molar-refractivity contribution in [3.8, 4) is 23.0 Å². The van der Waals surface area contributed by atoms with Crippen molar-refractivity contribution in [3.05, 3.63) is 71.5 Å². The van der Waals surface area contributed by atoms with Gasteiger partial charge in [-0.25, -0.2) is 19.2 Å². The van der Waals surface area contributed by atoms with E-state index < -0.39 is 53.2 Å². The summed E-state index contributed by atoms with van der Waals surface area (Å²) in [6, 6.07) is 7.19. The van der Waals surface area contributed by atoms with Crippen LogP contribution in [0.25, 0.3) is 12.2 Å². The Morgan fingerprint density at radius 1 is 0.647 bits per heavy atom. The maximum absolute atomic E-state index is 12.5. The Bertz CT molecular complexity index is 1680. The minimum atomic E-state index is -1.01. The summed E-state index contributed by atoms with van der Waals surface area (Å²) in [7, 11) is 2.76. The summed E-state index contributed by atoms with van der Waals surface area (Å²) in [5, 5.41) is 15.1. The number of allylic oxidation sites excluding steroid dienone is 3. The van der Waals surface area contributed by atoms with Crippen molar-refractivity contribution in [1.82, 2.24) is 10.6 Å². The normalized spacial score (nSPS) is 13.2. The van der Waals surface area contributed by atoms with E-state index in [2.05, 4.69) is 10.6 Å². The number of ketones is 1. The van der Waals surface area contributed by atoms with Gasteiger partial charge in [-0.3, -0.25) is 4.79 Å². The second-order valence-electron chi connectivity index (χ2n) is 13.0. The molecule has 2 atom stereocenters. The predicted octanol–water partition coefficient (Wildman–Crippen LogP) is 6.08. The Hall–Kier alpha value is -5.79. The monoisotopic (exact) mass is 710 g/mol. The summed E-state index contributed by atoms with van der Waals surface area (Å²) in [5.41, 5.74) is -0.381. The van der Waals surface area contributed by atoms with Gasteiger partial charge in [0.2, 0.25) is 0 Å². The molecule has 0 aromatic heterocycles. The van der Waals surface area contributed by atoms with Gasteiger partial charge in [-0.05, 0) is 103 Å². The van der Waals surface area contributed by atoms with Gasteiger partial charge >= 0.3 is 24.1 Å². The molecule has 0 radical (unpaired) electrons. The fourth-order valence-electron chi connectivity index (χ4n) is 3.83. The van der Waals surface area contributed by atoms with Crippen molar-refractivity contribution >= 4 is 42.1 Å². The fourth-order valence-corrected chi connectivity index (χ4v) is 3.83. The third-order valence-electron chi connectivity index (χ3n) is 6.15. The molecule has 0 heterocycles. The van der Waals surface area contributed by atoms with E-state index in [-0.39, 0.29) is 28.8 Å². The van der Waals surface area contributed by atoms with Gasteiger partial charge in [0.05, 0.1) is 14.2 Å². The van der Waals surface area contributed by atoms with E-state index in [9.17, 15) is 29.1 Å². The molecule has 0 spiro atoms. The average molecular weight is 711 g/mol. The molecular weight excluding hydrogens is 664 g/mol. The number of hydrogen-bond donors (Lipinski definition) is 3. The molecule has 2 aromatic rings. The van der Waals surface area contributed by atoms with E-state index in [1.807, 2.05) is 0 Å². The zero-order valence-electron chi connectivity index (χ0n) is 30.4. The van der Waals surface area contributed by atoms with E-state index in [0.717, 1.165) is 6.08 Å². The minimum absolute atomic E-state index is 0.0964. The molecule has 0 aliphatic carbocycles. The standard InChI is InChI=1S/C37H46N2O12/c1-22(38-34(44)50-36(3,4)5)32(42)48-28-17-13-24(19-30(28)46-9)11-15-26(40)21-27(41)16-12-25-14-18-29(31(20-25)47-10)49-33(43)23(2)39-35(45)51-37(6,7)8/h11-23,40H,1-10H3,(H,38,44)(H,39,45)/b15-11+,16-12+,26-21?/t22-,23-/m0/s1. The first-order valence-corrected chi connectivity index (χ1v) is 15.8. The maximum Gasteiger partial charge on any atom is 0.408 e. The molecule has 2 aromatic carbocycles. The molecule has 0 bridgehead atoms. The van der Waals surface area contributed by atoms with Crippen molar-refractivity contribution in [1.29, 1.82) is 0 Å². The number of ether oxygens (including phenoxy) is 6. The van der Waals surface area contributed by atoms with Gasteiger partial charge < -0.3 is 44.2 Å². The number of benzene rings is 2. The number of esters is 2. The number of rotatable bonds is 13. The molecule has 2 amide bonds. The Balaban J connectivity index is 2.02. The van der Waals surface area contributed by atoms with E-state index in [1.165, 1.54) is 70.6 Å². The lowest BCUT2D eigenvalue weighted by molar-refractivity contribution is -0.137. The van der Waals surface area contributed by atoms with Crippen LogP contribution in [0.1, 0.15) is 66.5 Å². The molecule has 2 rings (SSSR count). The first kappa shape index (κ1) is 41.4.